The first-order valence-electron chi connectivity index (χ1n) is 10.5. The van der Waals surface area contributed by atoms with Gasteiger partial charge in [-0.05, 0) is 48.5 Å². The van der Waals surface area contributed by atoms with Gasteiger partial charge in [0.05, 0.1) is 19.1 Å². The summed E-state index contributed by atoms with van der Waals surface area (Å²) in [5.41, 5.74) is 3.29. The van der Waals surface area contributed by atoms with Crippen LogP contribution in [0, 0.1) is 5.92 Å². The molecule has 1 N–H and O–H groups in total. The summed E-state index contributed by atoms with van der Waals surface area (Å²) in [4.78, 5) is 18.2. The van der Waals surface area contributed by atoms with Crippen molar-refractivity contribution in [3.05, 3.63) is 71.3 Å². The Hall–Kier alpha value is -2.17. The van der Waals surface area contributed by atoms with E-state index < -0.39 is 0 Å². The van der Waals surface area contributed by atoms with E-state index in [1.54, 1.807) is 0 Å². The van der Waals surface area contributed by atoms with E-state index in [-0.39, 0.29) is 12.5 Å². The molecule has 2 bridgehead atoms. The fourth-order valence-electron chi connectivity index (χ4n) is 5.74. The molecule has 6 rings (SSSR count). The second-order valence-corrected chi connectivity index (χ2v) is 8.57. The first-order chi connectivity index (χ1) is 13.7. The number of amides is 1. The summed E-state index contributed by atoms with van der Waals surface area (Å²) in [6, 6.07) is 19.4. The standard InChI is InChI=1S/C24H28N2O2/c27-16-18-8-6-17(7-9-18)14-22(28)26-15-21(19-4-2-1-3-5-19)24-23(26)20-10-12-25(24)13-11-20/h1-9,20-21,23-24,27H,10-16H2/t21-,23+,24+/m0/s1. The average molecular weight is 377 g/mol. The minimum Gasteiger partial charge on any atom is -0.392 e. The Morgan fingerprint density at radius 1 is 0.929 bits per heavy atom. The van der Waals surface area contributed by atoms with Crippen molar-refractivity contribution in [1.29, 1.82) is 0 Å². The molecule has 4 aliphatic rings. The van der Waals surface area contributed by atoms with Gasteiger partial charge in [0.1, 0.15) is 0 Å². The molecule has 4 nitrogen and oxygen atoms in total. The zero-order valence-electron chi connectivity index (χ0n) is 16.2. The van der Waals surface area contributed by atoms with Gasteiger partial charge in [0.2, 0.25) is 5.91 Å². The van der Waals surface area contributed by atoms with Crippen LogP contribution in [0.2, 0.25) is 0 Å². The van der Waals surface area contributed by atoms with Crippen molar-refractivity contribution in [2.75, 3.05) is 19.6 Å². The Kier molecular flexibility index (Phi) is 4.69. The summed E-state index contributed by atoms with van der Waals surface area (Å²) >= 11 is 0. The molecule has 4 aliphatic heterocycles. The molecule has 0 radical (unpaired) electrons. The van der Waals surface area contributed by atoms with Crippen molar-refractivity contribution in [3.8, 4) is 0 Å². The molecular formula is C24H28N2O2. The number of aliphatic hydroxyl groups excluding tert-OH is 1. The van der Waals surface area contributed by atoms with E-state index in [1.165, 1.54) is 31.5 Å². The summed E-state index contributed by atoms with van der Waals surface area (Å²) in [5.74, 6) is 1.30. The summed E-state index contributed by atoms with van der Waals surface area (Å²) in [6.45, 7) is 3.24. The fourth-order valence-corrected chi connectivity index (χ4v) is 5.74. The van der Waals surface area contributed by atoms with Crippen LogP contribution in [-0.2, 0) is 17.8 Å². The minimum atomic E-state index is 0.0420. The van der Waals surface area contributed by atoms with Crippen molar-refractivity contribution >= 4 is 5.91 Å². The van der Waals surface area contributed by atoms with Gasteiger partial charge < -0.3 is 10.0 Å². The number of aliphatic hydroxyl groups is 1. The molecule has 1 amide bonds. The molecule has 4 saturated heterocycles. The number of piperidine rings is 3. The van der Waals surface area contributed by atoms with Crippen molar-refractivity contribution in [1.82, 2.24) is 9.80 Å². The van der Waals surface area contributed by atoms with E-state index in [0.29, 0.717) is 30.3 Å². The maximum atomic E-state index is 13.3. The highest BCUT2D eigenvalue weighted by Gasteiger charge is 2.54. The van der Waals surface area contributed by atoms with E-state index in [4.69, 9.17) is 0 Å². The second-order valence-electron chi connectivity index (χ2n) is 8.57. The predicted molar refractivity (Wildman–Crippen MR) is 109 cm³/mol. The zero-order chi connectivity index (χ0) is 19.1. The largest absolute Gasteiger partial charge is 0.392 e. The van der Waals surface area contributed by atoms with Crippen LogP contribution in [0.5, 0.6) is 0 Å². The number of nitrogens with zero attached hydrogens (tertiary/aromatic N) is 2. The van der Waals surface area contributed by atoms with Crippen molar-refractivity contribution in [2.24, 2.45) is 5.92 Å². The number of hydrogen-bond acceptors (Lipinski definition) is 3. The van der Waals surface area contributed by atoms with Crippen LogP contribution in [-0.4, -0.2) is 52.5 Å². The number of likely N-dealkylation sites (tertiary alicyclic amines) is 1. The molecule has 146 valence electrons. The maximum absolute atomic E-state index is 13.3. The summed E-state index contributed by atoms with van der Waals surface area (Å²) in [5, 5.41) is 9.23. The van der Waals surface area contributed by atoms with E-state index in [9.17, 15) is 9.90 Å². The third-order valence-corrected chi connectivity index (χ3v) is 7.10. The van der Waals surface area contributed by atoms with Crippen LogP contribution in [0.4, 0.5) is 0 Å². The van der Waals surface area contributed by atoms with E-state index in [1.807, 2.05) is 24.3 Å². The lowest BCUT2D eigenvalue weighted by Crippen LogP contribution is -2.60. The van der Waals surface area contributed by atoms with Crippen molar-refractivity contribution in [3.63, 3.8) is 0 Å². The van der Waals surface area contributed by atoms with Crippen LogP contribution in [0.1, 0.15) is 35.4 Å². The second kappa shape index (κ2) is 7.34. The summed E-state index contributed by atoms with van der Waals surface area (Å²) in [6.07, 6.45) is 2.89. The molecule has 4 heterocycles. The number of fused-ring (bicyclic) bond motifs is 2. The van der Waals surface area contributed by atoms with Crippen LogP contribution in [0.3, 0.4) is 0 Å². The molecule has 28 heavy (non-hydrogen) atoms. The molecule has 0 spiro atoms. The van der Waals surface area contributed by atoms with E-state index in [2.05, 4.69) is 40.1 Å². The number of rotatable bonds is 4. The lowest BCUT2D eigenvalue weighted by Gasteiger charge is -2.51. The fraction of sp³-hybridized carbons (Fsp3) is 0.458. The first kappa shape index (κ1) is 17.9. The molecule has 0 aliphatic carbocycles. The number of benzene rings is 2. The van der Waals surface area contributed by atoms with Crippen LogP contribution in [0.25, 0.3) is 0 Å². The Balaban J connectivity index is 1.41. The Bertz CT molecular complexity index is 827. The minimum absolute atomic E-state index is 0.0420. The lowest BCUT2D eigenvalue weighted by molar-refractivity contribution is -0.135. The molecule has 2 aromatic carbocycles. The number of hydrogen-bond donors (Lipinski definition) is 1. The van der Waals surface area contributed by atoms with Crippen LogP contribution >= 0.6 is 0 Å². The summed E-state index contributed by atoms with van der Waals surface area (Å²) in [7, 11) is 0. The zero-order valence-corrected chi connectivity index (χ0v) is 16.2. The van der Waals surface area contributed by atoms with Gasteiger partial charge in [0.25, 0.3) is 0 Å². The molecular weight excluding hydrogens is 348 g/mol. The number of carbonyl (C=O) groups is 1. The highest BCUT2D eigenvalue weighted by molar-refractivity contribution is 5.80. The molecule has 0 aromatic heterocycles. The third kappa shape index (κ3) is 3.05. The highest BCUT2D eigenvalue weighted by Crippen LogP contribution is 2.46. The predicted octanol–water partition coefficient (Wildman–Crippen LogP) is 2.81. The quantitative estimate of drug-likeness (QED) is 0.892. The first-order valence-corrected chi connectivity index (χ1v) is 10.5. The van der Waals surface area contributed by atoms with Gasteiger partial charge in [-0.15, -0.1) is 0 Å². The van der Waals surface area contributed by atoms with Crippen molar-refractivity contribution in [2.45, 2.75) is 43.9 Å². The molecule has 4 fully saturated rings. The molecule has 2 aromatic rings. The molecule has 0 saturated carbocycles. The summed E-state index contributed by atoms with van der Waals surface area (Å²) < 4.78 is 0. The Labute approximate surface area is 166 Å². The van der Waals surface area contributed by atoms with Gasteiger partial charge in [-0.2, -0.15) is 0 Å². The Morgan fingerprint density at radius 3 is 2.29 bits per heavy atom. The van der Waals surface area contributed by atoms with Crippen LogP contribution in [0.15, 0.2) is 54.6 Å². The van der Waals surface area contributed by atoms with Gasteiger partial charge >= 0.3 is 0 Å². The van der Waals surface area contributed by atoms with E-state index >= 15 is 0 Å². The van der Waals surface area contributed by atoms with Crippen LogP contribution < -0.4 is 0 Å². The monoisotopic (exact) mass is 376 g/mol. The maximum Gasteiger partial charge on any atom is 0.227 e. The smallest absolute Gasteiger partial charge is 0.227 e. The van der Waals surface area contributed by atoms with Gasteiger partial charge in [-0.3, -0.25) is 9.69 Å². The normalized spacial score (nSPS) is 31.0. The molecule has 4 heteroatoms. The SMILES string of the molecule is O=C(Cc1ccc(CO)cc1)N1C[C@@H](c2ccccc2)[C@@H]2[C@H]1C1CCN2CC1. The van der Waals surface area contributed by atoms with E-state index in [0.717, 1.165) is 17.7 Å². The van der Waals surface area contributed by atoms with Crippen molar-refractivity contribution < 1.29 is 9.90 Å². The lowest BCUT2D eigenvalue weighted by atomic mass is 9.75. The highest BCUT2D eigenvalue weighted by atomic mass is 16.3. The molecule has 3 atom stereocenters. The Morgan fingerprint density at radius 2 is 1.61 bits per heavy atom. The van der Waals surface area contributed by atoms with Gasteiger partial charge in [-0.25, -0.2) is 0 Å². The van der Waals surface area contributed by atoms with Gasteiger partial charge in [0, 0.05) is 18.5 Å². The number of carbonyl (C=O) groups excluding carboxylic acids is 1. The van der Waals surface area contributed by atoms with Gasteiger partial charge in [-0.1, -0.05) is 54.6 Å². The average Bonchev–Trinajstić information content (AvgIpc) is 3.19. The third-order valence-electron chi connectivity index (χ3n) is 7.10. The molecule has 0 unspecified atom stereocenters. The van der Waals surface area contributed by atoms with Gasteiger partial charge in [0.15, 0.2) is 0 Å². The topological polar surface area (TPSA) is 43.8 Å².